The number of guanidine groups is 1. The molecule has 9 aliphatic rings. The molecule has 0 bridgehead atoms. The SMILES string of the molecule is C1=CCCC(C2=CC(C3=NC(N4C5C=CC=CC5C5C=CC(C6C=Cc7sc8ccccc8c7C6)=CC54)=NC4=CC=CCC43)=CC(C3C=C[N-]C3)C2)=C1. The van der Waals surface area contributed by atoms with Gasteiger partial charge in [0, 0.05) is 33.2 Å². The summed E-state index contributed by atoms with van der Waals surface area (Å²) in [4.78, 5) is 15.1. The molecule has 1 aromatic carbocycles. The molecule has 4 nitrogen and oxygen atoms in total. The van der Waals surface area contributed by atoms with Gasteiger partial charge in [-0.3, -0.25) is 0 Å². The molecule has 1 fully saturated rings. The lowest BCUT2D eigenvalue weighted by molar-refractivity contribution is 0.366. The lowest BCUT2D eigenvalue weighted by Crippen LogP contribution is -2.43. The maximum Gasteiger partial charge on any atom is 0.226 e. The van der Waals surface area contributed by atoms with Crippen LogP contribution < -0.4 is 0 Å². The number of hydrogen-bond donors (Lipinski definition) is 0. The Morgan fingerprint density at radius 2 is 1.72 bits per heavy atom. The third-order valence-corrected chi connectivity index (χ3v) is 14.1. The third-order valence-electron chi connectivity index (χ3n) is 12.9. The Morgan fingerprint density at radius 3 is 2.64 bits per heavy atom. The fourth-order valence-electron chi connectivity index (χ4n) is 10.2. The highest BCUT2D eigenvalue weighted by Gasteiger charge is 2.49. The number of rotatable bonds is 4. The van der Waals surface area contributed by atoms with Gasteiger partial charge in [-0.1, -0.05) is 103 Å². The summed E-state index contributed by atoms with van der Waals surface area (Å²) in [5, 5.41) is 6.04. The van der Waals surface area contributed by atoms with Crippen molar-refractivity contribution in [3.63, 3.8) is 0 Å². The number of benzene rings is 1. The van der Waals surface area contributed by atoms with Crippen LogP contribution in [0.2, 0.25) is 0 Å². The van der Waals surface area contributed by atoms with Crippen LogP contribution in [-0.2, 0) is 6.42 Å². The van der Waals surface area contributed by atoms with E-state index >= 15 is 0 Å². The van der Waals surface area contributed by atoms with Gasteiger partial charge in [0.25, 0.3) is 0 Å². The molecule has 8 unspecified atom stereocenters. The summed E-state index contributed by atoms with van der Waals surface area (Å²) in [5.74, 6) is 2.95. The summed E-state index contributed by atoms with van der Waals surface area (Å²) in [7, 11) is 0. The molecule has 11 rings (SSSR count). The van der Waals surface area contributed by atoms with Crippen LogP contribution in [0.4, 0.5) is 0 Å². The molecular weight excluding hydrogens is 665 g/mol. The molecule has 3 aliphatic heterocycles. The predicted molar refractivity (Wildman–Crippen MR) is 222 cm³/mol. The minimum atomic E-state index is 0.158. The normalized spacial score (nSPS) is 33.2. The van der Waals surface area contributed by atoms with Gasteiger partial charge in [-0.15, -0.1) is 24.0 Å². The molecule has 0 amide bonds. The zero-order valence-electron chi connectivity index (χ0n) is 29.8. The van der Waals surface area contributed by atoms with Crippen molar-refractivity contribution >= 4 is 39.2 Å². The summed E-state index contributed by atoms with van der Waals surface area (Å²) < 4.78 is 1.39. The van der Waals surface area contributed by atoms with Crippen molar-refractivity contribution in [2.45, 2.75) is 44.2 Å². The Bertz CT molecular complexity index is 2340. The summed E-state index contributed by atoms with van der Waals surface area (Å²) >= 11 is 1.92. The van der Waals surface area contributed by atoms with Gasteiger partial charge in [0.1, 0.15) is 0 Å². The van der Waals surface area contributed by atoms with E-state index in [0.717, 1.165) is 50.3 Å². The summed E-state index contributed by atoms with van der Waals surface area (Å²) in [6.45, 7) is 0.874. The van der Waals surface area contributed by atoms with E-state index < -0.39 is 0 Å². The average molecular weight is 708 g/mol. The number of likely N-dealkylation sites (tertiary alicyclic amines) is 1. The molecule has 4 heterocycles. The van der Waals surface area contributed by atoms with Crippen molar-refractivity contribution in [3.8, 4) is 0 Å². The monoisotopic (exact) mass is 707 g/mol. The van der Waals surface area contributed by atoms with Crippen LogP contribution >= 0.6 is 11.3 Å². The standard InChI is InChI=1S/C48H43N4S/c1-2-10-30(11-3-1)34-24-35(33-22-23-49-29-33)26-36(25-34)47-40-14-4-7-15-42(40)50-48(51-47)52-43-16-8-5-12-37(43)38-20-18-32(28-44(38)52)31-19-21-46-41(27-31)39-13-6-9-17-45(39)53-46/h1-2,4-10,12-13,15-23,25-26,28,31,33,35,37-38,40,43-44H,3,11,14,24,27,29H2/q-1. The smallest absolute Gasteiger partial charge is 0.226 e. The van der Waals surface area contributed by atoms with Gasteiger partial charge in [-0.25, -0.2) is 9.98 Å². The van der Waals surface area contributed by atoms with E-state index in [9.17, 15) is 0 Å². The first-order chi connectivity index (χ1) is 26.2. The highest BCUT2D eigenvalue weighted by atomic mass is 32.1. The minimum absolute atomic E-state index is 0.158. The number of aliphatic imine (C=N–C) groups is 2. The maximum atomic E-state index is 5.70. The molecule has 0 spiro atoms. The number of allylic oxidation sites excluding steroid dienone is 17. The van der Waals surface area contributed by atoms with Gasteiger partial charge in [-0.05, 0) is 101 Å². The second-order valence-electron chi connectivity index (χ2n) is 15.9. The highest BCUT2D eigenvalue weighted by Crippen LogP contribution is 2.47. The van der Waals surface area contributed by atoms with Crippen LogP contribution in [0.3, 0.4) is 0 Å². The Hall–Kier alpha value is -5.00. The Balaban J connectivity index is 0.992. The topological polar surface area (TPSA) is 42.1 Å². The fraction of sp³-hybridized carbons (Fsp3) is 0.292. The van der Waals surface area contributed by atoms with Gasteiger partial charge in [0.15, 0.2) is 0 Å². The molecule has 1 aromatic heterocycles. The quantitative estimate of drug-likeness (QED) is 0.312. The number of hydrogen-bond acceptors (Lipinski definition) is 4. The zero-order valence-corrected chi connectivity index (χ0v) is 30.7. The van der Waals surface area contributed by atoms with Crippen LogP contribution in [0.15, 0.2) is 172 Å². The lowest BCUT2D eigenvalue weighted by Gasteiger charge is -2.36. The van der Waals surface area contributed by atoms with E-state index in [0.29, 0.717) is 29.6 Å². The van der Waals surface area contributed by atoms with Crippen LogP contribution in [0.5, 0.6) is 0 Å². The van der Waals surface area contributed by atoms with E-state index in [1.165, 1.54) is 48.5 Å². The van der Waals surface area contributed by atoms with Crippen LogP contribution in [0, 0.1) is 35.5 Å². The van der Waals surface area contributed by atoms with Crippen molar-refractivity contribution in [1.82, 2.24) is 4.90 Å². The van der Waals surface area contributed by atoms with Gasteiger partial charge >= 0.3 is 0 Å². The summed E-state index contributed by atoms with van der Waals surface area (Å²) in [6.07, 6.45) is 49.8. The molecular formula is C48H43N4S-. The summed E-state index contributed by atoms with van der Waals surface area (Å²) in [5.41, 5.74) is 9.45. The Morgan fingerprint density at radius 1 is 0.792 bits per heavy atom. The van der Waals surface area contributed by atoms with E-state index in [4.69, 9.17) is 9.98 Å². The van der Waals surface area contributed by atoms with E-state index in [-0.39, 0.29) is 18.0 Å². The Kier molecular flexibility index (Phi) is 7.64. The average Bonchev–Trinajstić information content (AvgIpc) is 3.97. The first kappa shape index (κ1) is 31.5. The fourth-order valence-corrected chi connectivity index (χ4v) is 11.4. The predicted octanol–water partition coefficient (Wildman–Crippen LogP) is 10.9. The van der Waals surface area contributed by atoms with Crippen molar-refractivity contribution in [3.05, 3.63) is 178 Å². The Labute approximate surface area is 316 Å². The molecule has 0 radical (unpaired) electrons. The van der Waals surface area contributed by atoms with Gasteiger partial charge in [0.05, 0.1) is 23.5 Å². The molecule has 8 atom stereocenters. The number of fused-ring (bicyclic) bond motifs is 7. The molecule has 5 heteroatoms. The molecule has 2 aromatic rings. The third kappa shape index (κ3) is 5.38. The first-order valence-corrected chi connectivity index (χ1v) is 20.4. The van der Waals surface area contributed by atoms with Crippen LogP contribution in [-0.4, -0.2) is 35.2 Å². The van der Waals surface area contributed by atoms with Crippen molar-refractivity contribution in [2.75, 3.05) is 6.54 Å². The summed E-state index contributed by atoms with van der Waals surface area (Å²) in [6, 6.07) is 9.28. The number of thiophene rings is 1. The lowest BCUT2D eigenvalue weighted by atomic mass is 9.75. The van der Waals surface area contributed by atoms with Gasteiger partial charge < -0.3 is 10.2 Å². The van der Waals surface area contributed by atoms with E-state index in [1.807, 2.05) is 17.5 Å². The number of nitrogens with zero attached hydrogens (tertiary/aromatic N) is 4. The van der Waals surface area contributed by atoms with E-state index in [1.54, 1.807) is 0 Å². The highest BCUT2D eigenvalue weighted by molar-refractivity contribution is 7.20. The molecule has 0 saturated carbocycles. The van der Waals surface area contributed by atoms with E-state index in [2.05, 4.69) is 144 Å². The molecule has 53 heavy (non-hydrogen) atoms. The van der Waals surface area contributed by atoms with Gasteiger partial charge in [0.2, 0.25) is 5.96 Å². The van der Waals surface area contributed by atoms with Crippen molar-refractivity contribution in [1.29, 1.82) is 0 Å². The molecule has 6 aliphatic carbocycles. The molecule has 0 N–H and O–H groups in total. The van der Waals surface area contributed by atoms with Gasteiger partial charge in [-0.2, -0.15) is 6.20 Å². The molecule has 262 valence electrons. The second-order valence-corrected chi connectivity index (χ2v) is 16.9. The van der Waals surface area contributed by atoms with Crippen LogP contribution in [0.1, 0.15) is 36.1 Å². The largest absolute Gasteiger partial charge is 0.690 e. The second kappa shape index (κ2) is 12.8. The zero-order chi connectivity index (χ0) is 34.9. The van der Waals surface area contributed by atoms with Crippen molar-refractivity contribution in [2.24, 2.45) is 45.5 Å². The first-order valence-electron chi connectivity index (χ1n) is 19.6. The van der Waals surface area contributed by atoms with Crippen LogP contribution in [0.25, 0.3) is 21.5 Å². The molecule has 1 saturated heterocycles. The van der Waals surface area contributed by atoms with Crippen molar-refractivity contribution < 1.29 is 0 Å². The minimum Gasteiger partial charge on any atom is -0.690 e. The maximum absolute atomic E-state index is 5.70.